The van der Waals surface area contributed by atoms with Crippen LogP contribution in [0.1, 0.15) is 24.4 Å². The number of hydrogen-bond acceptors (Lipinski definition) is 7. The molecule has 4 aromatic rings. The molecule has 2 aliphatic rings. The van der Waals surface area contributed by atoms with Gasteiger partial charge in [-0.05, 0) is 55.3 Å². The first-order chi connectivity index (χ1) is 19.0. The molecule has 4 heterocycles. The number of nitrogen functional groups attached to an aromatic ring is 1. The quantitative estimate of drug-likeness (QED) is 0.354. The van der Waals surface area contributed by atoms with Gasteiger partial charge in [0.15, 0.2) is 5.65 Å². The summed E-state index contributed by atoms with van der Waals surface area (Å²) >= 11 is 0. The Morgan fingerprint density at radius 3 is 2.67 bits per heavy atom. The molecule has 0 bridgehead atoms. The Kier molecular flexibility index (Phi) is 7.05. The minimum atomic E-state index is -0.436. The molecule has 39 heavy (non-hydrogen) atoms. The molecule has 6 rings (SSSR count). The van der Waals surface area contributed by atoms with Crippen molar-refractivity contribution >= 4 is 22.8 Å². The van der Waals surface area contributed by atoms with Gasteiger partial charge in [0.2, 0.25) is 0 Å². The monoisotopic (exact) mass is 533 g/mol. The maximum absolute atomic E-state index is 14.6. The van der Waals surface area contributed by atoms with Gasteiger partial charge in [-0.3, -0.25) is 4.90 Å². The highest BCUT2D eigenvalue weighted by atomic mass is 19.1. The number of ether oxygens (including phenoxy) is 1. The Labute approximate surface area is 226 Å². The summed E-state index contributed by atoms with van der Waals surface area (Å²) < 4.78 is 35.7. The van der Waals surface area contributed by atoms with Crippen LogP contribution in [-0.2, 0) is 4.74 Å². The maximum Gasteiger partial charge on any atom is 0.154 e. The molecule has 2 aromatic carbocycles. The highest BCUT2D eigenvalue weighted by molar-refractivity contribution is 5.76. The summed E-state index contributed by atoms with van der Waals surface area (Å²) in [5, 5.41) is 4.93. The minimum Gasteiger partial charge on any atom is -0.397 e. The van der Waals surface area contributed by atoms with E-state index in [1.807, 2.05) is 35.0 Å². The largest absolute Gasteiger partial charge is 0.397 e. The molecule has 2 fully saturated rings. The van der Waals surface area contributed by atoms with Crippen molar-refractivity contribution < 1.29 is 13.5 Å². The highest BCUT2D eigenvalue weighted by Gasteiger charge is 2.30. The first-order valence-corrected chi connectivity index (χ1v) is 13.4. The van der Waals surface area contributed by atoms with E-state index in [4.69, 9.17) is 15.6 Å². The molecule has 0 radical (unpaired) electrons. The number of piperazine rings is 1. The third kappa shape index (κ3) is 5.02. The van der Waals surface area contributed by atoms with E-state index >= 15 is 0 Å². The van der Waals surface area contributed by atoms with Crippen LogP contribution in [0.3, 0.4) is 0 Å². The topological polar surface area (TPSA) is 75.2 Å². The van der Waals surface area contributed by atoms with Crippen molar-refractivity contribution in [1.82, 2.24) is 19.5 Å². The van der Waals surface area contributed by atoms with E-state index in [1.165, 1.54) is 12.1 Å². The van der Waals surface area contributed by atoms with Gasteiger partial charge in [0.1, 0.15) is 17.5 Å². The Bertz CT molecular complexity index is 1470. The average Bonchev–Trinajstić information content (AvgIpc) is 3.61. The fourth-order valence-corrected chi connectivity index (χ4v) is 5.76. The van der Waals surface area contributed by atoms with Crippen LogP contribution >= 0.6 is 0 Å². The number of methoxy groups -OCH3 is 1. The van der Waals surface area contributed by atoms with Gasteiger partial charge in [0.05, 0.1) is 35.9 Å². The standard InChI is InChI=1S/C29H33F2N7O/c1-39-16-15-35-11-13-36(14-12-35)26-17-20(4-7-24(26)32)27-19-33-28-8-9-29(34-38(27)28)37-10-2-3-25(37)22-18-21(30)5-6-23(22)31/h4-9,17-19,25H,2-3,10-16,32H2,1H3. The van der Waals surface area contributed by atoms with Crippen molar-refractivity contribution in [3.63, 3.8) is 0 Å². The van der Waals surface area contributed by atoms with Crippen LogP contribution < -0.4 is 15.5 Å². The summed E-state index contributed by atoms with van der Waals surface area (Å²) in [4.78, 5) is 11.4. The SMILES string of the molecule is COCCN1CCN(c2cc(-c3cnc4ccc(N5CCCC5c5cc(F)ccc5F)nn34)ccc2N)CC1. The van der Waals surface area contributed by atoms with Gasteiger partial charge in [0.25, 0.3) is 0 Å². The predicted molar refractivity (Wildman–Crippen MR) is 149 cm³/mol. The maximum atomic E-state index is 14.6. The molecule has 0 saturated carbocycles. The van der Waals surface area contributed by atoms with Crippen LogP contribution in [0.15, 0.2) is 54.7 Å². The molecule has 2 aliphatic heterocycles. The number of fused-ring (bicyclic) bond motifs is 1. The van der Waals surface area contributed by atoms with Gasteiger partial charge in [-0.2, -0.15) is 0 Å². The highest BCUT2D eigenvalue weighted by Crippen LogP contribution is 2.37. The van der Waals surface area contributed by atoms with E-state index in [1.54, 1.807) is 7.11 Å². The summed E-state index contributed by atoms with van der Waals surface area (Å²) in [6.07, 6.45) is 3.42. The van der Waals surface area contributed by atoms with Crippen LogP contribution in [0, 0.1) is 11.6 Å². The Morgan fingerprint density at radius 1 is 1.00 bits per heavy atom. The molecule has 0 amide bonds. The number of anilines is 3. The molecule has 2 N–H and O–H groups in total. The van der Waals surface area contributed by atoms with Gasteiger partial charge in [-0.1, -0.05) is 6.07 Å². The predicted octanol–water partition coefficient (Wildman–Crippen LogP) is 4.37. The fraction of sp³-hybridized carbons (Fsp3) is 0.379. The lowest BCUT2D eigenvalue weighted by Crippen LogP contribution is -2.47. The van der Waals surface area contributed by atoms with Gasteiger partial charge < -0.3 is 20.3 Å². The first kappa shape index (κ1) is 25.5. The lowest BCUT2D eigenvalue weighted by atomic mass is 10.0. The zero-order valence-electron chi connectivity index (χ0n) is 22.1. The lowest BCUT2D eigenvalue weighted by Gasteiger charge is -2.36. The summed E-state index contributed by atoms with van der Waals surface area (Å²) in [6.45, 7) is 6.06. The van der Waals surface area contributed by atoms with Gasteiger partial charge >= 0.3 is 0 Å². The normalized spacial score (nSPS) is 18.4. The molecule has 1 atom stereocenters. The molecule has 1 unspecified atom stereocenters. The van der Waals surface area contributed by atoms with Crippen LogP contribution in [0.4, 0.5) is 26.0 Å². The summed E-state index contributed by atoms with van der Waals surface area (Å²) in [5.41, 5.74) is 11.1. The smallest absolute Gasteiger partial charge is 0.154 e. The number of aromatic nitrogens is 3. The van der Waals surface area contributed by atoms with E-state index in [9.17, 15) is 8.78 Å². The number of imidazole rings is 1. The first-order valence-electron chi connectivity index (χ1n) is 13.4. The van der Waals surface area contributed by atoms with E-state index in [-0.39, 0.29) is 6.04 Å². The number of benzene rings is 2. The Morgan fingerprint density at radius 2 is 1.85 bits per heavy atom. The zero-order chi connectivity index (χ0) is 26.9. The van der Waals surface area contributed by atoms with E-state index in [0.717, 1.165) is 80.9 Å². The number of hydrogen-bond donors (Lipinski definition) is 1. The lowest BCUT2D eigenvalue weighted by molar-refractivity contribution is 0.144. The number of rotatable bonds is 7. The fourth-order valence-electron chi connectivity index (χ4n) is 5.76. The van der Waals surface area contributed by atoms with Crippen molar-refractivity contribution in [3.05, 3.63) is 71.9 Å². The second-order valence-electron chi connectivity index (χ2n) is 10.2. The van der Waals surface area contributed by atoms with Gasteiger partial charge in [0, 0.05) is 57.5 Å². The van der Waals surface area contributed by atoms with E-state index < -0.39 is 11.6 Å². The van der Waals surface area contributed by atoms with Crippen LogP contribution in [-0.4, -0.2) is 72.5 Å². The Hall–Kier alpha value is -3.76. The molecule has 0 spiro atoms. The molecule has 10 heteroatoms. The third-order valence-corrected chi connectivity index (χ3v) is 7.86. The van der Waals surface area contributed by atoms with Crippen molar-refractivity contribution in [2.75, 3.05) is 68.5 Å². The molecular formula is C29H33F2N7O. The minimum absolute atomic E-state index is 0.275. The molecule has 0 aliphatic carbocycles. The average molecular weight is 534 g/mol. The van der Waals surface area contributed by atoms with E-state index in [2.05, 4.69) is 25.8 Å². The third-order valence-electron chi connectivity index (χ3n) is 7.86. The van der Waals surface area contributed by atoms with Crippen molar-refractivity contribution in [3.8, 4) is 11.3 Å². The number of halogens is 2. The molecule has 8 nitrogen and oxygen atoms in total. The molecule has 204 valence electrons. The zero-order valence-corrected chi connectivity index (χ0v) is 22.1. The van der Waals surface area contributed by atoms with Crippen molar-refractivity contribution in [2.24, 2.45) is 0 Å². The van der Waals surface area contributed by atoms with E-state index in [0.29, 0.717) is 23.6 Å². The summed E-state index contributed by atoms with van der Waals surface area (Å²) in [5.74, 6) is -0.128. The van der Waals surface area contributed by atoms with Crippen LogP contribution in [0.5, 0.6) is 0 Å². The Balaban J connectivity index is 1.29. The number of nitrogens with zero attached hydrogens (tertiary/aromatic N) is 6. The number of nitrogens with two attached hydrogens (primary N) is 1. The summed E-state index contributed by atoms with van der Waals surface area (Å²) in [6, 6.07) is 13.2. The van der Waals surface area contributed by atoms with Crippen LogP contribution in [0.2, 0.25) is 0 Å². The summed E-state index contributed by atoms with van der Waals surface area (Å²) in [7, 11) is 1.73. The van der Waals surface area contributed by atoms with Crippen molar-refractivity contribution in [1.29, 1.82) is 0 Å². The molecule has 2 saturated heterocycles. The second-order valence-corrected chi connectivity index (χ2v) is 10.2. The molecular weight excluding hydrogens is 500 g/mol. The van der Waals surface area contributed by atoms with Gasteiger partial charge in [-0.15, -0.1) is 5.10 Å². The second kappa shape index (κ2) is 10.8. The van der Waals surface area contributed by atoms with Crippen molar-refractivity contribution in [2.45, 2.75) is 18.9 Å². The van der Waals surface area contributed by atoms with Crippen LogP contribution in [0.25, 0.3) is 16.9 Å². The van der Waals surface area contributed by atoms with Gasteiger partial charge in [-0.25, -0.2) is 18.3 Å². The molecule has 2 aromatic heterocycles.